The molecule has 0 saturated heterocycles. The maximum atomic E-state index is 2.50. The predicted octanol–water partition coefficient (Wildman–Crippen LogP) is 14.7. The van der Waals surface area contributed by atoms with Gasteiger partial charge in [-0.25, -0.2) is 0 Å². The Morgan fingerprint density at radius 1 is 0.302 bits per heavy atom. The van der Waals surface area contributed by atoms with Gasteiger partial charge in [0, 0.05) is 5.41 Å². The minimum atomic E-state index is -0.102. The Bertz CT molecular complexity index is 3060. The molecule has 0 unspecified atom stereocenters. The molecule has 0 aliphatic heterocycles. The number of fused-ring (bicyclic) bond motifs is 5. The Kier molecular flexibility index (Phi) is 6.40. The molecule has 248 valence electrons. The summed E-state index contributed by atoms with van der Waals surface area (Å²) in [5, 5.41) is 10.4. The molecule has 0 heterocycles. The number of benzene rings is 10. The molecule has 11 rings (SSSR count). The fraction of sp³-hybridized carbons (Fsp3) is 0.0566. The van der Waals surface area contributed by atoms with Gasteiger partial charge in [0.1, 0.15) is 0 Å². The van der Waals surface area contributed by atoms with Crippen molar-refractivity contribution in [1.82, 2.24) is 0 Å². The van der Waals surface area contributed by atoms with Gasteiger partial charge in [-0.1, -0.05) is 172 Å². The summed E-state index contributed by atoms with van der Waals surface area (Å²) in [4.78, 5) is 0. The summed E-state index contributed by atoms with van der Waals surface area (Å²) in [6, 6.07) is 68.0. The van der Waals surface area contributed by atoms with Crippen molar-refractivity contribution < 1.29 is 0 Å². The predicted molar refractivity (Wildman–Crippen MR) is 227 cm³/mol. The third-order valence-electron chi connectivity index (χ3n) is 12.0. The van der Waals surface area contributed by atoms with Crippen molar-refractivity contribution >= 4 is 43.1 Å². The summed E-state index contributed by atoms with van der Waals surface area (Å²) in [6.45, 7) is 4.77. The van der Waals surface area contributed by atoms with Crippen LogP contribution in [0.25, 0.3) is 98.7 Å². The summed E-state index contributed by atoms with van der Waals surface area (Å²) in [6.07, 6.45) is 0. The van der Waals surface area contributed by atoms with Crippen molar-refractivity contribution in [2.75, 3.05) is 0 Å². The first-order chi connectivity index (χ1) is 26.0. The Balaban J connectivity index is 1.19. The first-order valence-electron chi connectivity index (χ1n) is 18.7. The van der Waals surface area contributed by atoms with Crippen LogP contribution in [0.5, 0.6) is 0 Å². The molecule has 0 aromatic heterocycles. The summed E-state index contributed by atoms with van der Waals surface area (Å²) in [5.41, 5.74) is 15.4. The first-order valence-corrected chi connectivity index (χ1v) is 18.7. The fourth-order valence-electron chi connectivity index (χ4n) is 9.45. The van der Waals surface area contributed by atoms with Gasteiger partial charge in [0.2, 0.25) is 0 Å². The lowest BCUT2D eigenvalue weighted by Gasteiger charge is -2.23. The van der Waals surface area contributed by atoms with Gasteiger partial charge in [0.25, 0.3) is 0 Å². The van der Waals surface area contributed by atoms with Gasteiger partial charge in [0.15, 0.2) is 0 Å². The number of rotatable bonds is 4. The van der Waals surface area contributed by atoms with Crippen molar-refractivity contribution in [2.24, 2.45) is 0 Å². The zero-order chi connectivity index (χ0) is 35.3. The smallest absolute Gasteiger partial charge is 0.0159 e. The van der Waals surface area contributed by atoms with Gasteiger partial charge in [0.05, 0.1) is 0 Å². The van der Waals surface area contributed by atoms with Gasteiger partial charge < -0.3 is 0 Å². The van der Waals surface area contributed by atoms with Crippen LogP contribution in [0.2, 0.25) is 0 Å². The molecule has 53 heavy (non-hydrogen) atoms. The van der Waals surface area contributed by atoms with E-state index in [0.717, 1.165) is 0 Å². The van der Waals surface area contributed by atoms with E-state index in [4.69, 9.17) is 0 Å². The van der Waals surface area contributed by atoms with Crippen LogP contribution in [0.3, 0.4) is 0 Å². The average molecular weight is 673 g/mol. The highest BCUT2D eigenvalue weighted by atomic mass is 14.4. The van der Waals surface area contributed by atoms with Crippen molar-refractivity contribution in [3.63, 3.8) is 0 Å². The molecule has 10 aromatic rings. The first kappa shape index (κ1) is 30.2. The van der Waals surface area contributed by atoms with Crippen molar-refractivity contribution in [1.29, 1.82) is 0 Å². The SMILES string of the molecule is CC1(C)c2ccccc2-c2c1cc(-c1cc(-c3ccccc3)cc(-c3ccc4ccc5c(-c6ccccc6)ccc6ccc3c4c65)c1)c1ccccc21. The van der Waals surface area contributed by atoms with E-state index >= 15 is 0 Å². The molecule has 0 atom stereocenters. The van der Waals surface area contributed by atoms with Gasteiger partial charge in [-0.05, 0) is 134 Å². The normalized spacial score (nSPS) is 13.2. The molecule has 0 bridgehead atoms. The van der Waals surface area contributed by atoms with Crippen molar-refractivity contribution in [2.45, 2.75) is 19.3 Å². The second-order valence-corrected chi connectivity index (χ2v) is 15.2. The van der Waals surface area contributed by atoms with Crippen LogP contribution >= 0.6 is 0 Å². The number of hydrogen-bond acceptors (Lipinski definition) is 0. The average Bonchev–Trinajstić information content (AvgIpc) is 3.45. The highest BCUT2D eigenvalue weighted by Crippen LogP contribution is 2.53. The van der Waals surface area contributed by atoms with E-state index in [9.17, 15) is 0 Å². The van der Waals surface area contributed by atoms with E-state index < -0.39 is 0 Å². The quantitative estimate of drug-likeness (QED) is 0.163. The molecular weight excluding hydrogens is 637 g/mol. The molecule has 1 aliphatic rings. The molecule has 0 radical (unpaired) electrons. The van der Waals surface area contributed by atoms with E-state index in [-0.39, 0.29) is 5.41 Å². The van der Waals surface area contributed by atoms with Gasteiger partial charge >= 0.3 is 0 Å². The standard InChI is InChI=1S/C53H36/c1-53(2)48-20-12-11-19-46(48)52-43-18-10-9-17-42(43)47(32-49(52)53)39-30-37(33-13-5-3-6-14-33)29-38(31-39)41-26-22-36-23-27-44-40(34-15-7-4-8-16-34)25-21-35-24-28-45(41)51(36)50(35)44/h3-32H,1-2H3. The molecule has 0 nitrogen and oxygen atoms in total. The Hall–Kier alpha value is -6.50. The lowest BCUT2D eigenvalue weighted by molar-refractivity contribution is 0.661. The highest BCUT2D eigenvalue weighted by Gasteiger charge is 2.37. The summed E-state index contributed by atoms with van der Waals surface area (Å²) >= 11 is 0. The monoisotopic (exact) mass is 672 g/mol. The van der Waals surface area contributed by atoms with Crippen LogP contribution in [0.1, 0.15) is 25.0 Å². The molecule has 0 saturated carbocycles. The second-order valence-electron chi connectivity index (χ2n) is 15.2. The third kappa shape index (κ3) is 4.42. The molecule has 10 aromatic carbocycles. The summed E-state index contributed by atoms with van der Waals surface area (Å²) in [5.74, 6) is 0. The van der Waals surface area contributed by atoms with Crippen LogP contribution in [0, 0.1) is 0 Å². The lowest BCUT2D eigenvalue weighted by Crippen LogP contribution is -2.15. The molecule has 0 amide bonds. The topological polar surface area (TPSA) is 0 Å². The summed E-state index contributed by atoms with van der Waals surface area (Å²) in [7, 11) is 0. The lowest BCUT2D eigenvalue weighted by atomic mass is 9.80. The minimum Gasteiger partial charge on any atom is -0.0622 e. The van der Waals surface area contributed by atoms with E-state index in [1.165, 1.54) is 110 Å². The highest BCUT2D eigenvalue weighted by molar-refractivity contribution is 6.27. The van der Waals surface area contributed by atoms with Gasteiger partial charge in [-0.15, -0.1) is 0 Å². The maximum absolute atomic E-state index is 2.50. The molecule has 0 fully saturated rings. The minimum absolute atomic E-state index is 0.102. The zero-order valence-corrected chi connectivity index (χ0v) is 29.8. The van der Waals surface area contributed by atoms with E-state index in [1.807, 2.05) is 0 Å². The number of hydrogen-bond donors (Lipinski definition) is 0. The molecule has 0 heteroatoms. The van der Waals surface area contributed by atoms with E-state index in [1.54, 1.807) is 0 Å². The van der Waals surface area contributed by atoms with Gasteiger partial charge in [-0.3, -0.25) is 0 Å². The van der Waals surface area contributed by atoms with Crippen LogP contribution in [0.4, 0.5) is 0 Å². The van der Waals surface area contributed by atoms with E-state index in [2.05, 4.69) is 196 Å². The molecule has 0 N–H and O–H groups in total. The molecular formula is C53H36. The van der Waals surface area contributed by atoms with Crippen molar-refractivity contribution in [3.8, 4) is 55.6 Å². The second kappa shape index (κ2) is 11.2. The van der Waals surface area contributed by atoms with Crippen LogP contribution in [-0.2, 0) is 5.41 Å². The fourth-order valence-corrected chi connectivity index (χ4v) is 9.45. The van der Waals surface area contributed by atoms with E-state index in [0.29, 0.717) is 0 Å². The Morgan fingerprint density at radius 3 is 1.49 bits per heavy atom. The molecule has 0 spiro atoms. The van der Waals surface area contributed by atoms with Crippen LogP contribution < -0.4 is 0 Å². The van der Waals surface area contributed by atoms with Crippen LogP contribution in [-0.4, -0.2) is 0 Å². The van der Waals surface area contributed by atoms with Crippen molar-refractivity contribution in [3.05, 3.63) is 193 Å². The van der Waals surface area contributed by atoms with Gasteiger partial charge in [-0.2, -0.15) is 0 Å². The summed E-state index contributed by atoms with van der Waals surface area (Å²) < 4.78 is 0. The maximum Gasteiger partial charge on any atom is 0.0159 e. The zero-order valence-electron chi connectivity index (χ0n) is 29.8. The largest absolute Gasteiger partial charge is 0.0622 e. The van der Waals surface area contributed by atoms with Crippen LogP contribution in [0.15, 0.2) is 182 Å². The third-order valence-corrected chi connectivity index (χ3v) is 12.0. The Morgan fingerprint density at radius 2 is 0.811 bits per heavy atom. The molecule has 1 aliphatic carbocycles. The Labute approximate surface area is 310 Å².